The lowest BCUT2D eigenvalue weighted by atomic mass is 10.0. The summed E-state index contributed by atoms with van der Waals surface area (Å²) in [7, 11) is 5.52. The van der Waals surface area contributed by atoms with Gasteiger partial charge in [-0.05, 0) is 62.7 Å². The molecule has 2 amide bonds. The number of urea groups is 1. The van der Waals surface area contributed by atoms with Crippen molar-refractivity contribution in [3.05, 3.63) is 84.2 Å². The fourth-order valence-corrected chi connectivity index (χ4v) is 6.04. The van der Waals surface area contributed by atoms with E-state index in [0.717, 1.165) is 39.8 Å². The molecule has 12 heteroatoms. The number of hydrogen-bond donors (Lipinski definition) is 2. The highest BCUT2D eigenvalue weighted by Crippen LogP contribution is 2.37. The number of amides is 2. The van der Waals surface area contributed by atoms with Crippen LogP contribution >= 0.6 is 0 Å². The van der Waals surface area contributed by atoms with Gasteiger partial charge in [-0.25, -0.2) is 19.4 Å². The van der Waals surface area contributed by atoms with Gasteiger partial charge in [0.05, 0.1) is 29.7 Å². The summed E-state index contributed by atoms with van der Waals surface area (Å²) in [4.78, 5) is 24.2. The second-order valence-electron chi connectivity index (χ2n) is 10.9. The first kappa shape index (κ1) is 28.4. The Morgan fingerprint density at radius 1 is 1.12 bits per heavy atom. The number of aromatic nitrogens is 6. The number of benzene rings is 1. The Hall–Kier alpha value is -4.68. The van der Waals surface area contributed by atoms with Crippen molar-refractivity contribution in [3.8, 4) is 16.9 Å². The second-order valence-corrected chi connectivity index (χ2v) is 10.9. The van der Waals surface area contributed by atoms with Crippen LogP contribution in [0.1, 0.15) is 30.0 Å². The van der Waals surface area contributed by atoms with Crippen LogP contribution in [0.15, 0.2) is 67.1 Å². The molecule has 222 valence electrons. The van der Waals surface area contributed by atoms with Crippen LogP contribution < -0.4 is 10.6 Å². The number of carbonyl (C=O) groups is 1. The third-order valence-corrected chi connectivity index (χ3v) is 8.19. The van der Waals surface area contributed by atoms with Gasteiger partial charge in [0, 0.05) is 55.7 Å². The SMILES string of the molecule is COCC[C@@H]1C[C@@H](NC(=O)Nc2c(C)c(-c3cnc4c(cnn4C)c3)nn2-c2ccccc2)[C@H](c2ccnc(F)c2)N1C. The van der Waals surface area contributed by atoms with Gasteiger partial charge in [0.15, 0.2) is 5.65 Å². The molecule has 11 nitrogen and oxygen atoms in total. The van der Waals surface area contributed by atoms with Crippen LogP contribution in [0, 0.1) is 12.9 Å². The van der Waals surface area contributed by atoms with Crippen LogP contribution in [-0.2, 0) is 11.8 Å². The van der Waals surface area contributed by atoms with Gasteiger partial charge in [-0.2, -0.15) is 14.6 Å². The molecule has 6 rings (SSSR count). The Balaban J connectivity index is 1.32. The van der Waals surface area contributed by atoms with Crippen molar-refractivity contribution >= 4 is 22.9 Å². The molecule has 5 aromatic rings. The number of carbonyl (C=O) groups excluding carboxylic acids is 1. The van der Waals surface area contributed by atoms with E-state index < -0.39 is 5.95 Å². The molecule has 4 aromatic heterocycles. The van der Waals surface area contributed by atoms with Gasteiger partial charge in [-0.15, -0.1) is 0 Å². The highest BCUT2D eigenvalue weighted by molar-refractivity contribution is 5.91. The lowest BCUT2D eigenvalue weighted by Gasteiger charge is -2.28. The molecule has 1 fully saturated rings. The molecular formula is C31H34FN9O2. The first-order valence-electron chi connectivity index (χ1n) is 14.2. The first-order chi connectivity index (χ1) is 20.8. The number of likely N-dealkylation sites (tertiary alicyclic amines) is 1. The molecule has 0 spiro atoms. The number of methoxy groups -OCH3 is 1. The molecule has 43 heavy (non-hydrogen) atoms. The summed E-state index contributed by atoms with van der Waals surface area (Å²) in [5.74, 6) is -0.0119. The van der Waals surface area contributed by atoms with Crippen molar-refractivity contribution in [1.29, 1.82) is 0 Å². The van der Waals surface area contributed by atoms with E-state index >= 15 is 0 Å². The molecule has 1 aromatic carbocycles. The van der Waals surface area contributed by atoms with Crippen molar-refractivity contribution < 1.29 is 13.9 Å². The molecular weight excluding hydrogens is 549 g/mol. The van der Waals surface area contributed by atoms with Crippen LogP contribution in [0.3, 0.4) is 0 Å². The maximum Gasteiger partial charge on any atom is 0.320 e. The minimum atomic E-state index is -0.552. The number of aryl methyl sites for hydroxylation is 1. The van der Waals surface area contributed by atoms with E-state index in [9.17, 15) is 9.18 Å². The lowest BCUT2D eigenvalue weighted by molar-refractivity contribution is 0.150. The van der Waals surface area contributed by atoms with Gasteiger partial charge < -0.3 is 10.1 Å². The summed E-state index contributed by atoms with van der Waals surface area (Å²) >= 11 is 0. The van der Waals surface area contributed by atoms with Gasteiger partial charge in [0.2, 0.25) is 5.95 Å². The molecule has 0 bridgehead atoms. The Kier molecular flexibility index (Phi) is 7.87. The third-order valence-electron chi connectivity index (χ3n) is 8.19. The molecule has 1 aliphatic heterocycles. The number of ether oxygens (including phenoxy) is 1. The number of rotatable bonds is 8. The summed E-state index contributed by atoms with van der Waals surface area (Å²) in [5.41, 5.74) is 4.63. The molecule has 3 atom stereocenters. The summed E-state index contributed by atoms with van der Waals surface area (Å²) in [6.07, 6.45) is 6.46. The van der Waals surface area contributed by atoms with Crippen molar-refractivity contribution in [3.63, 3.8) is 0 Å². The van der Waals surface area contributed by atoms with Crippen LogP contribution in [0.25, 0.3) is 28.0 Å². The number of hydrogen-bond acceptors (Lipinski definition) is 7. The zero-order chi connectivity index (χ0) is 30.1. The topological polar surface area (TPSA) is 115 Å². The fourth-order valence-electron chi connectivity index (χ4n) is 6.04. The van der Waals surface area contributed by atoms with Crippen LogP contribution in [-0.4, -0.2) is 73.3 Å². The molecule has 0 unspecified atom stereocenters. The van der Waals surface area contributed by atoms with E-state index in [-0.39, 0.29) is 24.2 Å². The van der Waals surface area contributed by atoms with Gasteiger partial charge >= 0.3 is 6.03 Å². The Morgan fingerprint density at radius 3 is 2.70 bits per heavy atom. The van der Waals surface area contributed by atoms with E-state index in [1.807, 2.05) is 57.4 Å². The first-order valence-corrected chi connectivity index (χ1v) is 14.2. The number of likely N-dealkylation sites (N-methyl/N-ethyl adjacent to an activating group) is 1. The number of halogens is 1. The molecule has 1 saturated heterocycles. The second kappa shape index (κ2) is 11.9. The average molecular weight is 584 g/mol. The molecule has 0 aliphatic carbocycles. The quantitative estimate of drug-likeness (QED) is 0.256. The predicted octanol–water partition coefficient (Wildman–Crippen LogP) is 4.64. The Labute approximate surface area is 248 Å². The van der Waals surface area contributed by atoms with Crippen molar-refractivity contribution in [2.45, 2.75) is 37.9 Å². The van der Waals surface area contributed by atoms with Crippen molar-refractivity contribution in [1.82, 2.24) is 39.7 Å². The largest absolute Gasteiger partial charge is 0.385 e. The van der Waals surface area contributed by atoms with E-state index in [0.29, 0.717) is 24.5 Å². The minimum Gasteiger partial charge on any atom is -0.385 e. The zero-order valence-corrected chi connectivity index (χ0v) is 24.5. The molecule has 5 heterocycles. The van der Waals surface area contributed by atoms with Gasteiger partial charge in [-0.1, -0.05) is 18.2 Å². The number of anilines is 1. The van der Waals surface area contributed by atoms with Gasteiger partial charge in [0.25, 0.3) is 0 Å². The Bertz CT molecular complexity index is 1750. The molecule has 0 radical (unpaired) electrons. The lowest BCUT2D eigenvalue weighted by Crippen LogP contribution is -2.41. The van der Waals surface area contributed by atoms with E-state index in [4.69, 9.17) is 9.84 Å². The number of nitrogens with zero attached hydrogens (tertiary/aromatic N) is 7. The van der Waals surface area contributed by atoms with Crippen molar-refractivity contribution in [2.24, 2.45) is 7.05 Å². The number of pyridine rings is 2. The predicted molar refractivity (Wildman–Crippen MR) is 161 cm³/mol. The standard InChI is InChI=1S/C31H34FN9O2/c1-19-27(21-14-22-18-35-40(3)30(22)34-17-21)38-41(23-8-6-5-7-9-23)29(19)37-31(42)36-25-16-24(11-13-43-4)39(2)28(25)20-10-12-33-26(32)15-20/h5-10,12,14-15,17-18,24-25,28H,11,13,16H2,1-4H3,(H2,36,37,42)/t24-,25-,28+/m1/s1. The van der Waals surface area contributed by atoms with Crippen LogP contribution in [0.2, 0.25) is 0 Å². The zero-order valence-electron chi connectivity index (χ0n) is 24.5. The molecule has 0 saturated carbocycles. The van der Waals surface area contributed by atoms with Gasteiger partial charge in [-0.3, -0.25) is 14.9 Å². The smallest absolute Gasteiger partial charge is 0.320 e. The number of nitrogens with one attached hydrogen (secondary N) is 2. The monoisotopic (exact) mass is 583 g/mol. The van der Waals surface area contributed by atoms with Gasteiger partial charge in [0.1, 0.15) is 5.82 Å². The maximum atomic E-state index is 14.1. The van der Waals surface area contributed by atoms with E-state index in [1.54, 1.807) is 34.9 Å². The normalized spacial score (nSPS) is 18.8. The molecule has 2 N–H and O–H groups in total. The van der Waals surface area contributed by atoms with Crippen LogP contribution in [0.5, 0.6) is 0 Å². The Morgan fingerprint density at radius 2 is 1.93 bits per heavy atom. The summed E-state index contributed by atoms with van der Waals surface area (Å²) < 4.78 is 22.9. The third kappa shape index (κ3) is 5.58. The van der Waals surface area contributed by atoms with E-state index in [2.05, 4.69) is 30.6 Å². The maximum absolute atomic E-state index is 14.1. The fraction of sp³-hybridized carbons (Fsp3) is 0.323. The summed E-state index contributed by atoms with van der Waals surface area (Å²) in [6.45, 7) is 2.51. The summed E-state index contributed by atoms with van der Waals surface area (Å²) in [5, 5.41) is 16.4. The highest BCUT2D eigenvalue weighted by Gasteiger charge is 2.40. The van der Waals surface area contributed by atoms with Crippen LogP contribution in [0.4, 0.5) is 15.0 Å². The highest BCUT2D eigenvalue weighted by atomic mass is 19.1. The number of fused-ring (bicyclic) bond motifs is 1. The van der Waals surface area contributed by atoms with Crippen molar-refractivity contribution in [2.75, 3.05) is 26.1 Å². The molecule has 1 aliphatic rings. The minimum absolute atomic E-state index is 0.143. The van der Waals surface area contributed by atoms with E-state index in [1.165, 1.54) is 12.3 Å². The average Bonchev–Trinajstić information content (AvgIpc) is 3.64. The number of para-hydroxylation sites is 1. The summed E-state index contributed by atoms with van der Waals surface area (Å²) in [6, 6.07) is 14.1.